The minimum Gasteiger partial charge on any atom is -0.475 e. The number of carbonyl (C=O) groups is 3. The van der Waals surface area contributed by atoms with Crippen LogP contribution in [0.2, 0.25) is 0 Å². The summed E-state index contributed by atoms with van der Waals surface area (Å²) in [6.07, 6.45) is 1.77. The number of aliphatic carboxylic acids is 1. The van der Waals surface area contributed by atoms with E-state index in [1.54, 1.807) is 17.4 Å². The number of carboxylic acid groups (broad SMARTS) is 1. The molecule has 252 valence electrons. The van der Waals surface area contributed by atoms with E-state index in [9.17, 15) is 22.8 Å². The van der Waals surface area contributed by atoms with Crippen LogP contribution in [0.25, 0.3) is 17.2 Å². The minimum atomic E-state index is -5.08. The van der Waals surface area contributed by atoms with E-state index in [4.69, 9.17) is 9.90 Å². The maximum Gasteiger partial charge on any atom is 0.490 e. The van der Waals surface area contributed by atoms with Crippen molar-refractivity contribution in [3.05, 3.63) is 124 Å². The maximum absolute atomic E-state index is 13.3. The Bertz CT molecular complexity index is 1650. The fourth-order valence-electron chi connectivity index (χ4n) is 5.15. The third-order valence-corrected chi connectivity index (χ3v) is 8.59. The summed E-state index contributed by atoms with van der Waals surface area (Å²) in [6, 6.07) is 30.1. The van der Waals surface area contributed by atoms with Gasteiger partial charge >= 0.3 is 12.1 Å². The van der Waals surface area contributed by atoms with Gasteiger partial charge in [-0.3, -0.25) is 9.59 Å². The van der Waals surface area contributed by atoms with Crippen LogP contribution in [-0.2, 0) is 22.6 Å². The van der Waals surface area contributed by atoms with Gasteiger partial charge in [0.05, 0.1) is 0 Å². The quantitative estimate of drug-likeness (QED) is 0.156. The largest absolute Gasteiger partial charge is 0.490 e. The number of halogens is 3. The number of thiophene rings is 1. The van der Waals surface area contributed by atoms with Crippen LogP contribution in [0.15, 0.2) is 102 Å². The summed E-state index contributed by atoms with van der Waals surface area (Å²) >= 11 is 1.72. The average Bonchev–Trinajstić information content (AvgIpc) is 3.81. The summed E-state index contributed by atoms with van der Waals surface area (Å²) in [5, 5.41) is 12.3. The topological polar surface area (TPSA) is 90.0 Å². The molecule has 1 fully saturated rings. The SMILES string of the molecule is O=C(NCCN1CCCC1)c1cccc(-c2cccc(CN(CCc3cccs3)C(=O)/C=C/c3ccccc3)c2)c1.O=C(O)C(F)(F)F. The first-order valence-corrected chi connectivity index (χ1v) is 16.5. The molecular weight excluding hydrogens is 639 g/mol. The summed E-state index contributed by atoms with van der Waals surface area (Å²) in [4.78, 5) is 40.6. The van der Waals surface area contributed by atoms with Crippen LogP contribution in [0, 0.1) is 0 Å². The molecular formula is C37H38F3N3O4S. The van der Waals surface area contributed by atoms with Crippen molar-refractivity contribution < 1.29 is 32.7 Å². The van der Waals surface area contributed by atoms with E-state index in [0.717, 1.165) is 48.3 Å². The number of hydrogen-bond donors (Lipinski definition) is 2. The molecule has 0 saturated carbocycles. The molecule has 11 heteroatoms. The number of nitrogens with zero attached hydrogens (tertiary/aromatic N) is 2. The summed E-state index contributed by atoms with van der Waals surface area (Å²) in [5.74, 6) is -2.81. The zero-order valence-corrected chi connectivity index (χ0v) is 27.2. The van der Waals surface area contributed by atoms with Crippen molar-refractivity contribution in [2.75, 3.05) is 32.7 Å². The first-order chi connectivity index (χ1) is 23.1. The maximum atomic E-state index is 13.3. The Labute approximate surface area is 282 Å². The molecule has 0 radical (unpaired) electrons. The van der Waals surface area contributed by atoms with Gasteiger partial charge in [-0.1, -0.05) is 66.7 Å². The third-order valence-electron chi connectivity index (χ3n) is 7.65. The standard InChI is InChI=1S/C35H37N3O2S.C2HF3O2/c39-34(17-16-28-9-2-1-3-10-28)38(22-18-33-15-8-24-41-33)27-29-11-6-12-30(25-29)31-13-7-14-32(26-31)35(40)36-19-23-37-20-4-5-21-37;3-2(4,5)1(6)7/h1-3,6-17,24-26H,4-5,18-23,27H2,(H,36,40);(H,6,7)/b17-16+;. The molecule has 0 unspecified atom stereocenters. The monoisotopic (exact) mass is 677 g/mol. The van der Waals surface area contributed by atoms with Gasteiger partial charge in [0.2, 0.25) is 5.91 Å². The molecule has 2 amide bonds. The van der Waals surface area contributed by atoms with Crippen molar-refractivity contribution in [2.24, 2.45) is 0 Å². The van der Waals surface area contributed by atoms with Gasteiger partial charge in [-0.05, 0) is 90.3 Å². The van der Waals surface area contributed by atoms with Gasteiger partial charge in [0.1, 0.15) is 0 Å². The molecule has 0 bridgehead atoms. The summed E-state index contributed by atoms with van der Waals surface area (Å²) in [6.45, 7) is 4.95. The second kappa shape index (κ2) is 18.0. The van der Waals surface area contributed by atoms with E-state index in [0.29, 0.717) is 25.2 Å². The lowest BCUT2D eigenvalue weighted by molar-refractivity contribution is -0.192. The lowest BCUT2D eigenvalue weighted by Gasteiger charge is -2.22. The number of alkyl halides is 3. The molecule has 0 spiro atoms. The highest BCUT2D eigenvalue weighted by Gasteiger charge is 2.38. The first kappa shape index (κ1) is 36.1. The van der Waals surface area contributed by atoms with Gasteiger partial charge in [-0.15, -0.1) is 11.3 Å². The van der Waals surface area contributed by atoms with E-state index in [1.165, 1.54) is 17.7 Å². The van der Waals surface area contributed by atoms with Crippen LogP contribution >= 0.6 is 11.3 Å². The van der Waals surface area contributed by atoms with Crippen molar-refractivity contribution in [1.29, 1.82) is 0 Å². The van der Waals surface area contributed by atoms with Crippen molar-refractivity contribution in [2.45, 2.75) is 32.0 Å². The molecule has 1 aliphatic heterocycles. The number of rotatable bonds is 12. The van der Waals surface area contributed by atoms with Gasteiger partial charge in [0.15, 0.2) is 0 Å². The van der Waals surface area contributed by atoms with Crippen LogP contribution in [0.4, 0.5) is 13.2 Å². The van der Waals surface area contributed by atoms with Crippen LogP contribution in [0.5, 0.6) is 0 Å². The Morgan fingerprint density at radius 3 is 2.25 bits per heavy atom. The van der Waals surface area contributed by atoms with Crippen LogP contribution in [0.3, 0.4) is 0 Å². The van der Waals surface area contributed by atoms with E-state index < -0.39 is 12.1 Å². The number of nitrogens with one attached hydrogen (secondary N) is 1. The number of carbonyl (C=O) groups excluding carboxylic acids is 2. The van der Waals surface area contributed by atoms with Gasteiger partial charge in [0.25, 0.3) is 5.91 Å². The average molecular weight is 678 g/mol. The fraction of sp³-hybridized carbons (Fsp3) is 0.270. The lowest BCUT2D eigenvalue weighted by atomic mass is 10.0. The molecule has 2 heterocycles. The normalized spacial score (nSPS) is 13.1. The van der Waals surface area contributed by atoms with Gasteiger partial charge < -0.3 is 20.2 Å². The second-order valence-electron chi connectivity index (χ2n) is 11.2. The van der Waals surface area contributed by atoms with Gasteiger partial charge in [0, 0.05) is 42.7 Å². The fourth-order valence-corrected chi connectivity index (χ4v) is 5.85. The molecule has 1 aromatic heterocycles. The number of hydrogen-bond acceptors (Lipinski definition) is 5. The number of amides is 2. The molecule has 48 heavy (non-hydrogen) atoms. The van der Waals surface area contributed by atoms with E-state index in [2.05, 4.69) is 39.9 Å². The van der Waals surface area contributed by atoms with Crippen LogP contribution < -0.4 is 5.32 Å². The molecule has 7 nitrogen and oxygen atoms in total. The molecule has 4 aromatic rings. The highest BCUT2D eigenvalue weighted by atomic mass is 32.1. The van der Waals surface area contributed by atoms with Gasteiger partial charge in [-0.2, -0.15) is 13.2 Å². The molecule has 2 N–H and O–H groups in total. The summed E-state index contributed by atoms with van der Waals surface area (Å²) in [5.41, 5.74) is 4.73. The van der Waals surface area contributed by atoms with Crippen molar-refractivity contribution in [3.63, 3.8) is 0 Å². The zero-order valence-electron chi connectivity index (χ0n) is 26.4. The van der Waals surface area contributed by atoms with Crippen LogP contribution in [-0.4, -0.2) is 71.6 Å². The predicted octanol–water partition coefficient (Wildman–Crippen LogP) is 7.16. The predicted molar refractivity (Wildman–Crippen MR) is 182 cm³/mol. The lowest BCUT2D eigenvalue weighted by Crippen LogP contribution is -2.33. The molecule has 1 aliphatic rings. The first-order valence-electron chi connectivity index (χ1n) is 15.6. The molecule has 0 atom stereocenters. The summed E-state index contributed by atoms with van der Waals surface area (Å²) < 4.78 is 31.7. The Hall–Kier alpha value is -4.74. The Morgan fingerprint density at radius 2 is 1.58 bits per heavy atom. The van der Waals surface area contributed by atoms with Crippen molar-refractivity contribution in [3.8, 4) is 11.1 Å². The molecule has 1 saturated heterocycles. The smallest absolute Gasteiger partial charge is 0.475 e. The number of benzene rings is 3. The summed E-state index contributed by atoms with van der Waals surface area (Å²) in [7, 11) is 0. The Balaban J connectivity index is 0.000000671. The third kappa shape index (κ3) is 11.8. The number of carboxylic acids is 1. The minimum absolute atomic E-state index is 0.0107. The van der Waals surface area contributed by atoms with Crippen LogP contribution in [0.1, 0.15) is 39.2 Å². The Kier molecular flexibility index (Phi) is 13.5. The van der Waals surface area contributed by atoms with Gasteiger partial charge in [-0.25, -0.2) is 4.79 Å². The molecule has 5 rings (SSSR count). The highest BCUT2D eigenvalue weighted by molar-refractivity contribution is 7.09. The second-order valence-corrected chi connectivity index (χ2v) is 12.3. The molecule has 3 aromatic carbocycles. The van der Waals surface area contributed by atoms with E-state index in [-0.39, 0.29) is 11.8 Å². The van der Waals surface area contributed by atoms with Crippen molar-refractivity contribution >= 4 is 35.2 Å². The highest BCUT2D eigenvalue weighted by Crippen LogP contribution is 2.23. The van der Waals surface area contributed by atoms with Crippen molar-refractivity contribution in [1.82, 2.24) is 15.1 Å². The Morgan fingerprint density at radius 1 is 0.896 bits per heavy atom. The van der Waals surface area contributed by atoms with E-state index >= 15 is 0 Å². The zero-order chi connectivity index (χ0) is 34.4. The van der Waals surface area contributed by atoms with E-state index in [1.807, 2.05) is 77.7 Å². The number of likely N-dealkylation sites (tertiary alicyclic amines) is 1. The molecule has 0 aliphatic carbocycles.